The van der Waals surface area contributed by atoms with Gasteiger partial charge < -0.3 is 10.6 Å². The number of carbonyl (C=O) groups is 2. The summed E-state index contributed by atoms with van der Waals surface area (Å²) in [5.41, 5.74) is 1.51. The number of hydrogen-bond donors (Lipinski definition) is 2. The molecule has 0 fully saturated rings. The van der Waals surface area contributed by atoms with E-state index in [1.165, 1.54) is 11.0 Å². The number of imide groups is 1. The van der Waals surface area contributed by atoms with Gasteiger partial charge in [0.15, 0.2) is 17.6 Å². The number of halogens is 3. The second-order valence-corrected chi connectivity index (χ2v) is 7.05. The van der Waals surface area contributed by atoms with Crippen LogP contribution in [0.5, 0.6) is 0 Å². The van der Waals surface area contributed by atoms with Gasteiger partial charge in [0.25, 0.3) is 11.8 Å². The van der Waals surface area contributed by atoms with Crippen molar-refractivity contribution in [1.29, 1.82) is 0 Å². The van der Waals surface area contributed by atoms with Crippen molar-refractivity contribution in [3.8, 4) is 0 Å². The Balaban J connectivity index is 0.00000341. The van der Waals surface area contributed by atoms with Gasteiger partial charge in [0, 0.05) is 20.1 Å². The molecule has 2 aromatic rings. The smallest absolute Gasteiger partial charge is 0.261 e. The summed E-state index contributed by atoms with van der Waals surface area (Å²) in [7, 11) is 1.62. The highest BCUT2D eigenvalue weighted by Gasteiger charge is 2.34. The van der Waals surface area contributed by atoms with Crippen LogP contribution in [0, 0.1) is 11.6 Å². The number of hydrogen-bond acceptors (Lipinski definition) is 3. The molecule has 0 radical (unpaired) electrons. The lowest BCUT2D eigenvalue weighted by Crippen LogP contribution is -2.39. The Kier molecular flexibility index (Phi) is 8.90. The first-order valence-electron chi connectivity index (χ1n) is 9.79. The van der Waals surface area contributed by atoms with Crippen LogP contribution >= 0.6 is 24.0 Å². The van der Waals surface area contributed by atoms with Crippen molar-refractivity contribution >= 4 is 41.8 Å². The van der Waals surface area contributed by atoms with Crippen LogP contribution in [0.25, 0.3) is 0 Å². The normalized spacial score (nSPS) is 14.2. The summed E-state index contributed by atoms with van der Waals surface area (Å²) in [6, 6.07) is 10.3. The Bertz CT molecular complexity index is 949. The number of unbranched alkanes of at least 4 members (excludes halogenated alkanes) is 1. The first kappa shape index (κ1) is 24.7. The van der Waals surface area contributed by atoms with Gasteiger partial charge in [-0.25, -0.2) is 8.78 Å². The number of fused-ring (bicyclic) bond motifs is 1. The van der Waals surface area contributed by atoms with E-state index in [9.17, 15) is 18.4 Å². The van der Waals surface area contributed by atoms with Gasteiger partial charge in [0.1, 0.15) is 0 Å². The van der Waals surface area contributed by atoms with E-state index in [1.54, 1.807) is 31.3 Å². The maximum atomic E-state index is 13.4. The molecule has 1 aliphatic heterocycles. The number of aliphatic imine (C=N–C) groups is 1. The highest BCUT2D eigenvalue weighted by atomic mass is 127. The molecule has 0 spiro atoms. The van der Waals surface area contributed by atoms with E-state index >= 15 is 0 Å². The largest absolute Gasteiger partial charge is 0.356 e. The molecule has 1 atom stereocenters. The fraction of sp³-hybridized carbons (Fsp3) is 0.318. The van der Waals surface area contributed by atoms with Crippen molar-refractivity contribution in [3.63, 3.8) is 0 Å². The van der Waals surface area contributed by atoms with Crippen LogP contribution in [0.3, 0.4) is 0 Å². The molecular formula is C22H25F2IN4O2. The van der Waals surface area contributed by atoms with Gasteiger partial charge in [-0.1, -0.05) is 18.2 Å². The predicted octanol–water partition coefficient (Wildman–Crippen LogP) is 3.89. The average molecular weight is 542 g/mol. The molecule has 1 unspecified atom stereocenters. The molecule has 0 saturated heterocycles. The summed E-state index contributed by atoms with van der Waals surface area (Å²) < 4.78 is 26.5. The van der Waals surface area contributed by atoms with E-state index in [2.05, 4.69) is 15.6 Å². The van der Waals surface area contributed by atoms with Crippen LogP contribution in [0.2, 0.25) is 0 Å². The van der Waals surface area contributed by atoms with E-state index in [0.29, 0.717) is 48.6 Å². The lowest BCUT2D eigenvalue weighted by atomic mass is 10.1. The Labute approximate surface area is 197 Å². The summed E-state index contributed by atoms with van der Waals surface area (Å²) >= 11 is 0. The van der Waals surface area contributed by atoms with Crippen LogP contribution in [0.4, 0.5) is 8.78 Å². The van der Waals surface area contributed by atoms with E-state index in [0.717, 1.165) is 12.1 Å². The summed E-state index contributed by atoms with van der Waals surface area (Å²) in [6.45, 7) is 2.75. The maximum Gasteiger partial charge on any atom is 0.261 e. The average Bonchev–Trinajstić information content (AvgIpc) is 2.99. The number of guanidine groups is 1. The Morgan fingerprint density at radius 2 is 1.68 bits per heavy atom. The predicted molar refractivity (Wildman–Crippen MR) is 126 cm³/mol. The fourth-order valence-electron chi connectivity index (χ4n) is 3.31. The van der Waals surface area contributed by atoms with Crippen LogP contribution in [0.15, 0.2) is 47.5 Å². The van der Waals surface area contributed by atoms with Gasteiger partial charge in [-0.15, -0.1) is 24.0 Å². The molecule has 2 aromatic carbocycles. The number of carbonyl (C=O) groups excluding carboxylic acids is 2. The lowest BCUT2D eigenvalue weighted by molar-refractivity contribution is 0.0652. The van der Waals surface area contributed by atoms with E-state index in [-0.39, 0.29) is 41.8 Å². The number of benzene rings is 2. The minimum atomic E-state index is -0.891. The first-order chi connectivity index (χ1) is 14.4. The third-order valence-corrected chi connectivity index (χ3v) is 5.00. The molecule has 0 aromatic heterocycles. The van der Waals surface area contributed by atoms with Crippen molar-refractivity contribution in [2.75, 3.05) is 20.1 Å². The van der Waals surface area contributed by atoms with E-state index in [4.69, 9.17) is 0 Å². The quantitative estimate of drug-likeness (QED) is 0.183. The molecule has 9 heteroatoms. The molecule has 1 heterocycles. The van der Waals surface area contributed by atoms with E-state index in [1.807, 2.05) is 6.92 Å². The molecular weight excluding hydrogens is 517 g/mol. The third-order valence-electron chi connectivity index (χ3n) is 5.00. The first-order valence-corrected chi connectivity index (χ1v) is 9.79. The zero-order valence-electron chi connectivity index (χ0n) is 17.3. The van der Waals surface area contributed by atoms with Crippen LogP contribution in [-0.2, 0) is 0 Å². The van der Waals surface area contributed by atoms with Crippen LogP contribution < -0.4 is 10.6 Å². The Morgan fingerprint density at radius 1 is 1.03 bits per heavy atom. The lowest BCUT2D eigenvalue weighted by Gasteiger charge is -2.19. The Hall–Kier alpha value is -2.56. The van der Waals surface area contributed by atoms with Crippen molar-refractivity contribution < 1.29 is 18.4 Å². The zero-order valence-corrected chi connectivity index (χ0v) is 19.7. The van der Waals surface area contributed by atoms with Crippen molar-refractivity contribution in [1.82, 2.24) is 15.5 Å². The minimum absolute atomic E-state index is 0. The number of nitrogens with one attached hydrogen (secondary N) is 2. The van der Waals surface area contributed by atoms with Crippen molar-refractivity contribution in [3.05, 3.63) is 70.8 Å². The number of rotatable bonds is 7. The van der Waals surface area contributed by atoms with Crippen molar-refractivity contribution in [2.24, 2.45) is 4.99 Å². The molecule has 1 aliphatic rings. The van der Waals surface area contributed by atoms with Crippen LogP contribution in [0.1, 0.15) is 52.1 Å². The fourth-order valence-corrected chi connectivity index (χ4v) is 3.31. The molecule has 0 aliphatic carbocycles. The van der Waals surface area contributed by atoms with Gasteiger partial charge in [0.05, 0.1) is 17.2 Å². The zero-order chi connectivity index (χ0) is 21.7. The second kappa shape index (κ2) is 11.2. The molecule has 3 rings (SSSR count). The standard InChI is InChI=1S/C22H24F2N4O2.HI/c1-14(15-9-10-18(23)19(24)13-15)27-22(25-2)26-11-5-6-12-28-20(29)16-7-3-4-8-17(16)21(28)30;/h3-4,7-10,13-14H,5-6,11-12H2,1-2H3,(H2,25,26,27);1H. The number of nitrogens with zero attached hydrogens (tertiary/aromatic N) is 2. The van der Waals surface area contributed by atoms with Crippen molar-refractivity contribution in [2.45, 2.75) is 25.8 Å². The van der Waals surface area contributed by atoms with E-state index < -0.39 is 11.6 Å². The van der Waals surface area contributed by atoms with Gasteiger partial charge in [0.2, 0.25) is 0 Å². The highest BCUT2D eigenvalue weighted by Crippen LogP contribution is 2.22. The Morgan fingerprint density at radius 3 is 2.26 bits per heavy atom. The van der Waals surface area contributed by atoms with Gasteiger partial charge in [-0.05, 0) is 49.6 Å². The molecule has 2 amide bonds. The SMILES string of the molecule is CN=C(NCCCCN1C(=O)c2ccccc2C1=O)NC(C)c1ccc(F)c(F)c1.I. The topological polar surface area (TPSA) is 73.8 Å². The summed E-state index contributed by atoms with van der Waals surface area (Å²) in [4.78, 5) is 30.1. The van der Waals surface area contributed by atoms with Gasteiger partial charge in [-0.2, -0.15) is 0 Å². The molecule has 6 nitrogen and oxygen atoms in total. The maximum absolute atomic E-state index is 13.4. The summed E-state index contributed by atoms with van der Waals surface area (Å²) in [5, 5.41) is 6.26. The van der Waals surface area contributed by atoms with Gasteiger partial charge in [-0.3, -0.25) is 19.5 Å². The summed E-state index contributed by atoms with van der Waals surface area (Å²) in [5.74, 6) is -1.75. The van der Waals surface area contributed by atoms with Gasteiger partial charge >= 0.3 is 0 Å². The second-order valence-electron chi connectivity index (χ2n) is 7.05. The molecule has 2 N–H and O–H groups in total. The minimum Gasteiger partial charge on any atom is -0.356 e. The molecule has 166 valence electrons. The molecule has 0 saturated carbocycles. The summed E-state index contributed by atoms with van der Waals surface area (Å²) in [6.07, 6.45) is 1.36. The third kappa shape index (κ3) is 5.78. The molecule has 31 heavy (non-hydrogen) atoms. The molecule has 0 bridgehead atoms. The van der Waals surface area contributed by atoms with Crippen LogP contribution in [-0.4, -0.2) is 42.8 Å². The number of amides is 2. The highest BCUT2D eigenvalue weighted by molar-refractivity contribution is 14.0. The monoisotopic (exact) mass is 542 g/mol.